The third-order valence-corrected chi connectivity index (χ3v) is 2.37. The summed E-state index contributed by atoms with van der Waals surface area (Å²) in [6, 6.07) is 7.92. The minimum atomic E-state index is 0.158. The Labute approximate surface area is 83.7 Å². The molecule has 0 atom stereocenters. The molecule has 0 radical (unpaired) electrons. The second-order valence-corrected chi connectivity index (χ2v) is 3.42. The van der Waals surface area contributed by atoms with Gasteiger partial charge < -0.3 is 10.2 Å². The van der Waals surface area contributed by atoms with Crippen LogP contribution in [0, 0.1) is 0 Å². The van der Waals surface area contributed by atoms with E-state index in [1.165, 1.54) is 0 Å². The first kappa shape index (κ1) is 9.06. The Bertz CT molecular complexity index is 349. The van der Waals surface area contributed by atoms with E-state index in [4.69, 9.17) is 0 Å². The molecular weight excluding hydrogens is 176 g/mol. The molecule has 1 aromatic rings. The Morgan fingerprint density at radius 3 is 3.00 bits per heavy atom. The van der Waals surface area contributed by atoms with Crippen molar-refractivity contribution in [2.24, 2.45) is 0 Å². The van der Waals surface area contributed by atoms with Gasteiger partial charge in [-0.3, -0.25) is 4.79 Å². The van der Waals surface area contributed by atoms with Gasteiger partial charge in [-0.05, 0) is 18.6 Å². The summed E-state index contributed by atoms with van der Waals surface area (Å²) in [6.07, 6.45) is 0.986. The first-order chi connectivity index (χ1) is 6.83. The van der Waals surface area contributed by atoms with Crippen LogP contribution in [-0.4, -0.2) is 19.0 Å². The fourth-order valence-corrected chi connectivity index (χ4v) is 1.73. The molecule has 0 saturated carbocycles. The number of hydrogen-bond acceptors (Lipinski definition) is 2. The molecule has 0 fully saturated rings. The molecule has 0 saturated heterocycles. The summed E-state index contributed by atoms with van der Waals surface area (Å²) in [5.41, 5.74) is 2.06. The third kappa shape index (κ3) is 1.45. The van der Waals surface area contributed by atoms with Gasteiger partial charge in [0.05, 0.1) is 17.9 Å². The van der Waals surface area contributed by atoms with Gasteiger partial charge in [-0.15, -0.1) is 0 Å². The maximum atomic E-state index is 11.6. The lowest BCUT2D eigenvalue weighted by molar-refractivity contribution is -0.117. The van der Waals surface area contributed by atoms with Crippen LogP contribution in [0.5, 0.6) is 0 Å². The maximum Gasteiger partial charge on any atom is 0.246 e. The van der Waals surface area contributed by atoms with Crippen molar-refractivity contribution in [3.63, 3.8) is 0 Å². The van der Waals surface area contributed by atoms with Gasteiger partial charge >= 0.3 is 0 Å². The number of nitrogens with zero attached hydrogens (tertiary/aromatic N) is 1. The smallest absolute Gasteiger partial charge is 0.246 e. The van der Waals surface area contributed by atoms with E-state index >= 15 is 0 Å². The van der Waals surface area contributed by atoms with Crippen molar-refractivity contribution in [2.45, 2.75) is 13.3 Å². The van der Waals surface area contributed by atoms with E-state index in [0.29, 0.717) is 6.54 Å². The molecule has 1 aromatic carbocycles. The van der Waals surface area contributed by atoms with Crippen molar-refractivity contribution >= 4 is 17.3 Å². The second kappa shape index (κ2) is 3.70. The number of amides is 1. The van der Waals surface area contributed by atoms with Crippen LogP contribution in [-0.2, 0) is 4.79 Å². The predicted octanol–water partition coefficient (Wildman–Crippen LogP) is 1.86. The number of rotatable bonds is 2. The van der Waals surface area contributed by atoms with Gasteiger partial charge in [0.25, 0.3) is 0 Å². The van der Waals surface area contributed by atoms with Gasteiger partial charge in [-0.1, -0.05) is 19.1 Å². The highest BCUT2D eigenvalue weighted by Crippen LogP contribution is 2.28. The quantitative estimate of drug-likeness (QED) is 0.772. The average Bonchev–Trinajstić information content (AvgIpc) is 2.23. The topological polar surface area (TPSA) is 32.3 Å². The molecular formula is C11H14N2O. The minimum Gasteiger partial charge on any atom is -0.374 e. The van der Waals surface area contributed by atoms with Crippen molar-refractivity contribution in [3.05, 3.63) is 24.3 Å². The molecule has 0 aromatic heterocycles. The van der Waals surface area contributed by atoms with Gasteiger partial charge in [-0.2, -0.15) is 0 Å². The lowest BCUT2D eigenvalue weighted by Gasteiger charge is -2.29. The Balaban J connectivity index is 2.36. The number of anilines is 2. The molecule has 14 heavy (non-hydrogen) atoms. The van der Waals surface area contributed by atoms with Gasteiger partial charge in [0, 0.05) is 6.54 Å². The molecule has 0 bridgehead atoms. The predicted molar refractivity (Wildman–Crippen MR) is 57.6 cm³/mol. The van der Waals surface area contributed by atoms with Crippen LogP contribution in [0.25, 0.3) is 0 Å². The molecule has 74 valence electrons. The van der Waals surface area contributed by atoms with Crippen molar-refractivity contribution < 1.29 is 4.79 Å². The number of fused-ring (bicyclic) bond motifs is 1. The van der Waals surface area contributed by atoms with Crippen LogP contribution in [0.3, 0.4) is 0 Å². The standard InChI is InChI=1S/C11H14N2O/c1-2-7-13-10-6-4-3-5-9(10)12-8-11(13)14/h3-6,12H,2,7-8H2,1H3. The number of para-hydroxylation sites is 2. The van der Waals surface area contributed by atoms with Gasteiger partial charge in [0.1, 0.15) is 0 Å². The number of hydrogen-bond donors (Lipinski definition) is 1. The maximum absolute atomic E-state index is 11.6. The number of benzene rings is 1. The molecule has 1 heterocycles. The normalized spacial score (nSPS) is 14.9. The molecule has 1 amide bonds. The highest BCUT2D eigenvalue weighted by Gasteiger charge is 2.21. The summed E-state index contributed by atoms with van der Waals surface area (Å²) in [6.45, 7) is 3.30. The lowest BCUT2D eigenvalue weighted by atomic mass is 10.2. The van der Waals surface area contributed by atoms with Crippen molar-refractivity contribution in [1.29, 1.82) is 0 Å². The largest absolute Gasteiger partial charge is 0.374 e. The second-order valence-electron chi connectivity index (χ2n) is 3.42. The van der Waals surface area contributed by atoms with Crippen LogP contribution >= 0.6 is 0 Å². The van der Waals surface area contributed by atoms with Crippen LogP contribution in [0.2, 0.25) is 0 Å². The van der Waals surface area contributed by atoms with Crippen LogP contribution < -0.4 is 10.2 Å². The number of carbonyl (C=O) groups excluding carboxylic acids is 1. The highest BCUT2D eigenvalue weighted by molar-refractivity contribution is 6.02. The Morgan fingerprint density at radius 1 is 1.43 bits per heavy atom. The molecule has 0 spiro atoms. The van der Waals surface area contributed by atoms with E-state index in [9.17, 15) is 4.79 Å². The lowest BCUT2D eigenvalue weighted by Crippen LogP contribution is -2.40. The summed E-state index contributed by atoms with van der Waals surface area (Å²) in [5.74, 6) is 0.158. The number of nitrogens with one attached hydrogen (secondary N) is 1. The van der Waals surface area contributed by atoms with E-state index in [1.807, 2.05) is 29.2 Å². The van der Waals surface area contributed by atoms with Gasteiger partial charge in [0.2, 0.25) is 5.91 Å². The van der Waals surface area contributed by atoms with E-state index < -0.39 is 0 Å². The summed E-state index contributed by atoms with van der Waals surface area (Å²) >= 11 is 0. The SMILES string of the molecule is CCCN1C(=O)CNc2ccccc21. The molecule has 3 heteroatoms. The van der Waals surface area contributed by atoms with Crippen LogP contribution in [0.15, 0.2) is 24.3 Å². The number of carbonyl (C=O) groups is 1. The molecule has 1 aliphatic rings. The zero-order valence-electron chi connectivity index (χ0n) is 8.29. The summed E-state index contributed by atoms with van der Waals surface area (Å²) < 4.78 is 0. The van der Waals surface area contributed by atoms with E-state index in [1.54, 1.807) is 0 Å². The minimum absolute atomic E-state index is 0.158. The van der Waals surface area contributed by atoms with Crippen molar-refractivity contribution in [3.8, 4) is 0 Å². The van der Waals surface area contributed by atoms with Crippen molar-refractivity contribution in [1.82, 2.24) is 0 Å². The molecule has 3 nitrogen and oxygen atoms in total. The Kier molecular flexibility index (Phi) is 2.39. The molecule has 2 rings (SSSR count). The third-order valence-electron chi connectivity index (χ3n) is 2.37. The van der Waals surface area contributed by atoms with Gasteiger partial charge in [-0.25, -0.2) is 0 Å². The van der Waals surface area contributed by atoms with Gasteiger partial charge in [0.15, 0.2) is 0 Å². The first-order valence-electron chi connectivity index (χ1n) is 4.96. The Hall–Kier alpha value is -1.51. The summed E-state index contributed by atoms with van der Waals surface area (Å²) in [4.78, 5) is 13.5. The van der Waals surface area contributed by atoms with E-state index in [2.05, 4.69) is 12.2 Å². The van der Waals surface area contributed by atoms with E-state index in [0.717, 1.165) is 24.3 Å². The zero-order valence-corrected chi connectivity index (χ0v) is 8.29. The fourth-order valence-electron chi connectivity index (χ4n) is 1.73. The van der Waals surface area contributed by atoms with E-state index in [-0.39, 0.29) is 5.91 Å². The first-order valence-corrected chi connectivity index (χ1v) is 4.96. The molecule has 0 aliphatic carbocycles. The fraction of sp³-hybridized carbons (Fsp3) is 0.364. The Morgan fingerprint density at radius 2 is 2.21 bits per heavy atom. The molecule has 1 N–H and O–H groups in total. The molecule has 1 aliphatic heterocycles. The highest BCUT2D eigenvalue weighted by atomic mass is 16.2. The zero-order chi connectivity index (χ0) is 9.97. The average molecular weight is 190 g/mol. The monoisotopic (exact) mass is 190 g/mol. The molecule has 0 unspecified atom stereocenters. The summed E-state index contributed by atoms with van der Waals surface area (Å²) in [7, 11) is 0. The van der Waals surface area contributed by atoms with Crippen LogP contribution in [0.1, 0.15) is 13.3 Å². The summed E-state index contributed by atoms with van der Waals surface area (Å²) in [5, 5.41) is 3.11. The van der Waals surface area contributed by atoms with Crippen LogP contribution in [0.4, 0.5) is 11.4 Å². The van der Waals surface area contributed by atoms with Crippen molar-refractivity contribution in [2.75, 3.05) is 23.3 Å².